The lowest BCUT2D eigenvalue weighted by Crippen LogP contribution is -2.46. The van der Waals surface area contributed by atoms with Crippen LogP contribution in [0.5, 0.6) is 0 Å². The van der Waals surface area contributed by atoms with Crippen LogP contribution in [0.3, 0.4) is 0 Å². The molecule has 0 spiro atoms. The molecule has 70 valence electrons. The zero-order chi connectivity index (χ0) is 8.97. The fraction of sp³-hybridized carbons (Fsp3) is 0.875. The molecule has 4 nitrogen and oxygen atoms in total. The molecule has 1 aliphatic rings. The average Bonchev–Trinajstić information content (AvgIpc) is 1.93. The third-order valence-electron chi connectivity index (χ3n) is 2.18. The van der Waals surface area contributed by atoms with Gasteiger partial charge in [0.25, 0.3) is 0 Å². The van der Waals surface area contributed by atoms with Gasteiger partial charge in [-0.15, -0.1) is 0 Å². The predicted molar refractivity (Wildman–Crippen MR) is 46.3 cm³/mol. The van der Waals surface area contributed by atoms with E-state index in [2.05, 4.69) is 10.6 Å². The normalized spacial score (nSPS) is 19.8. The third-order valence-corrected chi connectivity index (χ3v) is 2.18. The molecule has 1 amide bonds. The first-order valence-corrected chi connectivity index (χ1v) is 4.41. The highest BCUT2D eigenvalue weighted by Crippen LogP contribution is 2.18. The Labute approximate surface area is 72.3 Å². The monoisotopic (exact) mass is 172 g/mol. The molecule has 0 aromatic heterocycles. The van der Waals surface area contributed by atoms with Crippen LogP contribution in [0.2, 0.25) is 0 Å². The molecule has 12 heavy (non-hydrogen) atoms. The second kappa shape index (κ2) is 4.30. The number of carboxylic acid groups (broad SMARTS) is 1. The van der Waals surface area contributed by atoms with E-state index in [1.165, 1.54) is 19.3 Å². The number of hydrogen-bond acceptors (Lipinski definition) is 2. The van der Waals surface area contributed by atoms with Gasteiger partial charge in [-0.1, -0.05) is 6.42 Å². The number of carbonyl (C=O) groups is 1. The summed E-state index contributed by atoms with van der Waals surface area (Å²) in [6.45, 7) is 2.49. The van der Waals surface area contributed by atoms with Crippen molar-refractivity contribution in [2.75, 3.05) is 6.54 Å². The quantitative estimate of drug-likeness (QED) is 0.587. The Bertz CT molecular complexity index is 157. The molecular weight excluding hydrogens is 156 g/mol. The van der Waals surface area contributed by atoms with Crippen LogP contribution in [-0.2, 0) is 0 Å². The first-order chi connectivity index (χ1) is 5.68. The smallest absolute Gasteiger partial charge is 0.404 e. The van der Waals surface area contributed by atoms with E-state index in [-0.39, 0.29) is 6.04 Å². The van der Waals surface area contributed by atoms with Crippen molar-refractivity contribution >= 4 is 6.09 Å². The van der Waals surface area contributed by atoms with Crippen LogP contribution in [0.1, 0.15) is 26.2 Å². The lowest BCUT2D eigenvalue weighted by atomic mass is 9.92. The summed E-state index contributed by atoms with van der Waals surface area (Å²) in [6.07, 6.45) is 2.82. The van der Waals surface area contributed by atoms with Crippen molar-refractivity contribution in [1.82, 2.24) is 10.6 Å². The maximum atomic E-state index is 10.1. The first kappa shape index (κ1) is 9.32. The second-order valence-corrected chi connectivity index (χ2v) is 3.38. The van der Waals surface area contributed by atoms with Crippen LogP contribution in [0.25, 0.3) is 0 Å². The molecule has 1 saturated carbocycles. The van der Waals surface area contributed by atoms with E-state index in [0.29, 0.717) is 12.6 Å². The summed E-state index contributed by atoms with van der Waals surface area (Å²) in [5, 5.41) is 14.0. The van der Waals surface area contributed by atoms with Crippen molar-refractivity contribution in [3.8, 4) is 0 Å². The van der Waals surface area contributed by atoms with Gasteiger partial charge in [0.05, 0.1) is 0 Å². The summed E-state index contributed by atoms with van der Waals surface area (Å²) in [7, 11) is 0. The van der Waals surface area contributed by atoms with E-state index in [1.807, 2.05) is 6.92 Å². The van der Waals surface area contributed by atoms with Gasteiger partial charge in [0, 0.05) is 18.6 Å². The highest BCUT2D eigenvalue weighted by molar-refractivity contribution is 5.64. The van der Waals surface area contributed by atoms with E-state index >= 15 is 0 Å². The fourth-order valence-corrected chi connectivity index (χ4v) is 1.28. The summed E-state index contributed by atoms with van der Waals surface area (Å²) >= 11 is 0. The number of hydrogen-bond donors (Lipinski definition) is 3. The van der Waals surface area contributed by atoms with E-state index < -0.39 is 6.09 Å². The van der Waals surface area contributed by atoms with Crippen LogP contribution in [0, 0.1) is 0 Å². The summed E-state index contributed by atoms with van der Waals surface area (Å²) < 4.78 is 0. The second-order valence-electron chi connectivity index (χ2n) is 3.38. The van der Waals surface area contributed by atoms with Crippen molar-refractivity contribution in [1.29, 1.82) is 0 Å². The summed E-state index contributed by atoms with van der Waals surface area (Å²) in [5.74, 6) is 0. The Balaban J connectivity index is 2.02. The highest BCUT2D eigenvalue weighted by Gasteiger charge is 2.18. The number of amides is 1. The molecular formula is C8H16N2O2. The van der Waals surface area contributed by atoms with Gasteiger partial charge in [0.1, 0.15) is 0 Å². The summed E-state index contributed by atoms with van der Waals surface area (Å²) in [5.41, 5.74) is 0. The first-order valence-electron chi connectivity index (χ1n) is 4.41. The van der Waals surface area contributed by atoms with E-state index in [0.717, 1.165) is 0 Å². The Morgan fingerprint density at radius 1 is 1.67 bits per heavy atom. The van der Waals surface area contributed by atoms with Crippen molar-refractivity contribution in [2.24, 2.45) is 0 Å². The van der Waals surface area contributed by atoms with Crippen LogP contribution >= 0.6 is 0 Å². The molecule has 0 saturated heterocycles. The third kappa shape index (κ3) is 3.09. The van der Waals surface area contributed by atoms with Gasteiger partial charge in [-0.05, 0) is 19.8 Å². The van der Waals surface area contributed by atoms with E-state index in [4.69, 9.17) is 5.11 Å². The van der Waals surface area contributed by atoms with Crippen molar-refractivity contribution in [3.63, 3.8) is 0 Å². The molecule has 1 aliphatic carbocycles. The minimum atomic E-state index is -0.947. The minimum Gasteiger partial charge on any atom is -0.465 e. The number of rotatable bonds is 4. The molecule has 1 atom stereocenters. The molecule has 3 N–H and O–H groups in total. The molecule has 4 heteroatoms. The Kier molecular flexibility index (Phi) is 3.34. The van der Waals surface area contributed by atoms with Gasteiger partial charge in [0.15, 0.2) is 0 Å². The standard InChI is InChI=1S/C8H16N2O2/c1-6(5-9-8(11)12)10-7-3-2-4-7/h6-7,9-10H,2-5H2,1H3,(H,11,12). The summed E-state index contributed by atoms with van der Waals surface area (Å²) in [6, 6.07) is 0.863. The Hall–Kier alpha value is -0.770. The molecule has 0 aliphatic heterocycles. The Morgan fingerprint density at radius 2 is 2.33 bits per heavy atom. The van der Waals surface area contributed by atoms with Gasteiger partial charge in [-0.3, -0.25) is 0 Å². The fourth-order valence-electron chi connectivity index (χ4n) is 1.28. The topological polar surface area (TPSA) is 61.4 Å². The van der Waals surface area contributed by atoms with Crippen molar-refractivity contribution in [3.05, 3.63) is 0 Å². The van der Waals surface area contributed by atoms with Crippen LogP contribution < -0.4 is 10.6 Å². The highest BCUT2D eigenvalue weighted by atomic mass is 16.4. The molecule has 0 bridgehead atoms. The van der Waals surface area contributed by atoms with Crippen LogP contribution in [0.15, 0.2) is 0 Å². The zero-order valence-electron chi connectivity index (χ0n) is 7.34. The maximum absolute atomic E-state index is 10.1. The number of nitrogens with one attached hydrogen (secondary N) is 2. The molecule has 0 heterocycles. The zero-order valence-corrected chi connectivity index (χ0v) is 7.34. The van der Waals surface area contributed by atoms with Gasteiger partial charge in [-0.25, -0.2) is 4.79 Å². The van der Waals surface area contributed by atoms with Gasteiger partial charge in [-0.2, -0.15) is 0 Å². The lowest BCUT2D eigenvalue weighted by molar-refractivity contribution is 0.192. The van der Waals surface area contributed by atoms with E-state index in [1.54, 1.807) is 0 Å². The van der Waals surface area contributed by atoms with Gasteiger partial charge in [0.2, 0.25) is 0 Å². The van der Waals surface area contributed by atoms with Gasteiger partial charge < -0.3 is 15.7 Å². The molecule has 0 aromatic rings. The average molecular weight is 172 g/mol. The van der Waals surface area contributed by atoms with Crippen molar-refractivity contribution in [2.45, 2.75) is 38.3 Å². The SMILES string of the molecule is CC(CNC(=O)O)NC1CCC1. The maximum Gasteiger partial charge on any atom is 0.404 e. The van der Waals surface area contributed by atoms with E-state index in [9.17, 15) is 4.79 Å². The molecule has 0 radical (unpaired) electrons. The molecule has 1 rings (SSSR count). The Morgan fingerprint density at radius 3 is 2.75 bits per heavy atom. The molecule has 1 fully saturated rings. The predicted octanol–water partition coefficient (Wildman–Crippen LogP) is 0.785. The summed E-state index contributed by atoms with van der Waals surface area (Å²) in [4.78, 5) is 10.1. The minimum absolute atomic E-state index is 0.242. The van der Waals surface area contributed by atoms with Crippen molar-refractivity contribution < 1.29 is 9.90 Å². The van der Waals surface area contributed by atoms with Crippen LogP contribution in [0.4, 0.5) is 4.79 Å². The molecule has 0 aromatic carbocycles. The largest absolute Gasteiger partial charge is 0.465 e. The lowest BCUT2D eigenvalue weighted by Gasteiger charge is -2.29. The van der Waals surface area contributed by atoms with Crippen LogP contribution in [-0.4, -0.2) is 29.8 Å². The molecule has 1 unspecified atom stereocenters. The van der Waals surface area contributed by atoms with Gasteiger partial charge >= 0.3 is 6.09 Å².